The molecule has 1 aliphatic heterocycles. The predicted octanol–water partition coefficient (Wildman–Crippen LogP) is 1.95. The molecule has 2 aromatic rings. The number of quaternary nitrogens is 1. The van der Waals surface area contributed by atoms with Gasteiger partial charge in [0.2, 0.25) is 17.6 Å². The van der Waals surface area contributed by atoms with Crippen LogP contribution in [0, 0.1) is 5.41 Å². The zero-order valence-electron chi connectivity index (χ0n) is 13.1. The number of benzene rings is 2. The molecule has 24 heavy (non-hydrogen) atoms. The first-order chi connectivity index (χ1) is 11.6. The van der Waals surface area contributed by atoms with Gasteiger partial charge >= 0.3 is 0 Å². The van der Waals surface area contributed by atoms with Crippen LogP contribution in [0.3, 0.4) is 0 Å². The van der Waals surface area contributed by atoms with Crippen LogP contribution in [-0.4, -0.2) is 24.7 Å². The summed E-state index contributed by atoms with van der Waals surface area (Å²) in [6, 6.07) is 13.6. The maximum Gasteiger partial charge on any atom is 0.243 e. The van der Waals surface area contributed by atoms with Crippen molar-refractivity contribution in [3.63, 3.8) is 0 Å². The van der Waals surface area contributed by atoms with Crippen LogP contribution in [0.2, 0.25) is 0 Å². The van der Waals surface area contributed by atoms with Gasteiger partial charge in [-0.1, -0.05) is 18.2 Å². The van der Waals surface area contributed by atoms with Crippen LogP contribution in [0.1, 0.15) is 11.1 Å². The molecule has 6 nitrogen and oxygen atoms in total. The first-order valence-corrected chi connectivity index (χ1v) is 8.13. The zero-order chi connectivity index (χ0) is 17.1. The van der Waals surface area contributed by atoms with Crippen molar-refractivity contribution in [1.82, 2.24) is 0 Å². The molecule has 5 N–H and O–H groups in total. The average Bonchev–Trinajstić information content (AvgIpc) is 2.54. The molecule has 0 unspecified atom stereocenters. The lowest BCUT2D eigenvalue weighted by atomic mass is 10.1. The largest absolute Gasteiger partial charge is 0.496 e. The summed E-state index contributed by atoms with van der Waals surface area (Å²) in [4.78, 5) is 8.82. The van der Waals surface area contributed by atoms with Crippen molar-refractivity contribution in [2.24, 2.45) is 15.7 Å². The van der Waals surface area contributed by atoms with Gasteiger partial charge in [-0.15, -0.1) is 0 Å². The van der Waals surface area contributed by atoms with Gasteiger partial charge in [-0.25, -0.2) is 0 Å². The first-order valence-electron chi connectivity index (χ1n) is 7.33. The van der Waals surface area contributed by atoms with Crippen molar-refractivity contribution >= 4 is 39.2 Å². The maximum absolute atomic E-state index is 7.44. The van der Waals surface area contributed by atoms with Gasteiger partial charge in [0.1, 0.15) is 5.75 Å². The van der Waals surface area contributed by atoms with E-state index in [1.807, 2.05) is 47.8 Å². The third-order valence-electron chi connectivity index (χ3n) is 3.59. The van der Waals surface area contributed by atoms with E-state index in [-0.39, 0.29) is 5.96 Å². The van der Waals surface area contributed by atoms with E-state index in [0.717, 1.165) is 32.9 Å². The van der Waals surface area contributed by atoms with Crippen LogP contribution >= 0.6 is 15.9 Å². The van der Waals surface area contributed by atoms with E-state index in [1.54, 1.807) is 7.11 Å². The van der Waals surface area contributed by atoms with Crippen LogP contribution in [0.4, 0.5) is 5.69 Å². The first kappa shape index (κ1) is 16.4. The number of nitrogens with one attached hydrogen (secondary N) is 1. The number of halogens is 1. The van der Waals surface area contributed by atoms with E-state index in [9.17, 15) is 0 Å². The number of nitrogens with two attached hydrogens (primary N) is 2. The van der Waals surface area contributed by atoms with Gasteiger partial charge in [-0.2, -0.15) is 9.98 Å². The number of hydrogen-bond acceptors (Lipinski definition) is 3. The number of rotatable bonds is 3. The highest BCUT2D eigenvalue weighted by molar-refractivity contribution is 9.10. The monoisotopic (exact) mass is 386 g/mol. The molecular weight excluding hydrogens is 370 g/mol. The Morgan fingerprint density at radius 2 is 2.12 bits per heavy atom. The Labute approximate surface area is 148 Å². The van der Waals surface area contributed by atoms with E-state index in [4.69, 9.17) is 20.9 Å². The summed E-state index contributed by atoms with van der Waals surface area (Å²) in [6.45, 7) is 0. The summed E-state index contributed by atoms with van der Waals surface area (Å²) in [6.07, 6.45) is 0.647. The average molecular weight is 387 g/mol. The van der Waals surface area contributed by atoms with Crippen molar-refractivity contribution in [1.29, 1.82) is 5.41 Å². The van der Waals surface area contributed by atoms with Crippen LogP contribution in [0.5, 0.6) is 5.75 Å². The lowest BCUT2D eigenvalue weighted by Crippen LogP contribution is -2.93. The van der Waals surface area contributed by atoms with Crippen LogP contribution in [-0.2, 0) is 6.42 Å². The smallest absolute Gasteiger partial charge is 0.243 e. The fraction of sp³-hybridized carbons (Fsp3) is 0.118. The van der Waals surface area contributed by atoms with Crippen LogP contribution in [0.25, 0.3) is 0 Å². The fourth-order valence-corrected chi connectivity index (χ4v) is 3.14. The quantitative estimate of drug-likeness (QED) is 0.554. The van der Waals surface area contributed by atoms with Gasteiger partial charge in [-0.05, 0) is 45.8 Å². The molecule has 0 saturated heterocycles. The van der Waals surface area contributed by atoms with Gasteiger partial charge in [0.05, 0.1) is 29.3 Å². The zero-order valence-corrected chi connectivity index (χ0v) is 14.7. The van der Waals surface area contributed by atoms with Gasteiger partial charge < -0.3 is 10.5 Å². The molecule has 0 spiro atoms. The third kappa shape index (κ3) is 3.52. The van der Waals surface area contributed by atoms with Gasteiger partial charge in [0, 0.05) is 0 Å². The normalized spacial score (nSPS) is 14.9. The number of hydrogen-bond donors (Lipinski definition) is 3. The predicted molar refractivity (Wildman–Crippen MR) is 98.3 cm³/mol. The molecule has 0 radical (unpaired) electrons. The fourth-order valence-electron chi connectivity index (χ4n) is 2.55. The lowest BCUT2D eigenvalue weighted by Gasteiger charge is -2.15. The molecule has 0 bridgehead atoms. The van der Waals surface area contributed by atoms with E-state index in [0.29, 0.717) is 12.3 Å². The SMILES string of the molecule is COc1ccc(CC2=Nc3ccccc3/C(=N/C(=N)N)[NH2+]2)cc1Br. The standard InChI is InChI=1S/C17H16BrN5O/c1-24-14-7-6-10(8-12(14)18)9-15-21-13-5-3-2-4-11(13)16(22-15)23-17(19)20/h2-8H,9H2,1H3,(H4,19,20,21,22,23)/p+1. The number of methoxy groups -OCH3 is 1. The Bertz CT molecular complexity index is 860. The van der Waals surface area contributed by atoms with Crippen molar-refractivity contribution < 1.29 is 10.1 Å². The Balaban J connectivity index is 1.93. The molecule has 3 rings (SSSR count). The molecule has 1 heterocycles. The Morgan fingerprint density at radius 3 is 2.83 bits per heavy atom. The molecule has 7 heteroatoms. The Hall–Kier alpha value is -2.51. The number of para-hydroxylation sites is 1. The van der Waals surface area contributed by atoms with Crippen LogP contribution in [0.15, 0.2) is 56.9 Å². The minimum Gasteiger partial charge on any atom is -0.496 e. The number of ether oxygens (including phenoxy) is 1. The molecule has 0 saturated carbocycles. The summed E-state index contributed by atoms with van der Waals surface area (Å²) in [5.41, 5.74) is 8.26. The summed E-state index contributed by atoms with van der Waals surface area (Å²) in [7, 11) is 1.64. The lowest BCUT2D eigenvalue weighted by molar-refractivity contribution is -0.410. The molecule has 0 amide bonds. The molecule has 0 atom stereocenters. The van der Waals surface area contributed by atoms with Gasteiger partial charge in [0.25, 0.3) is 0 Å². The maximum atomic E-state index is 7.44. The van der Waals surface area contributed by atoms with E-state index in [1.165, 1.54) is 0 Å². The third-order valence-corrected chi connectivity index (χ3v) is 4.21. The minimum absolute atomic E-state index is 0.218. The van der Waals surface area contributed by atoms with Crippen molar-refractivity contribution in [3.8, 4) is 5.75 Å². The summed E-state index contributed by atoms with van der Waals surface area (Å²) in [5, 5.41) is 9.32. The summed E-state index contributed by atoms with van der Waals surface area (Å²) in [5.74, 6) is 2.10. The van der Waals surface area contributed by atoms with E-state index >= 15 is 0 Å². The highest BCUT2D eigenvalue weighted by Crippen LogP contribution is 2.26. The topological polar surface area (TPSA) is 100 Å². The molecule has 122 valence electrons. The number of amidine groups is 2. The molecule has 0 aliphatic carbocycles. The number of aliphatic imine (C=N–C) groups is 2. The van der Waals surface area contributed by atoms with Crippen molar-refractivity contribution in [2.45, 2.75) is 6.42 Å². The molecule has 0 aromatic heterocycles. The van der Waals surface area contributed by atoms with E-state index in [2.05, 4.69) is 20.9 Å². The van der Waals surface area contributed by atoms with Crippen molar-refractivity contribution in [3.05, 3.63) is 58.1 Å². The number of fused-ring (bicyclic) bond motifs is 1. The van der Waals surface area contributed by atoms with Crippen LogP contribution < -0.4 is 15.8 Å². The Morgan fingerprint density at radius 1 is 1.33 bits per heavy atom. The second-order valence-corrected chi connectivity index (χ2v) is 6.15. The molecular formula is C17H17BrN5O+. The molecule has 0 fully saturated rings. The Kier molecular flexibility index (Phi) is 4.73. The second-order valence-electron chi connectivity index (χ2n) is 5.29. The minimum atomic E-state index is -0.218. The summed E-state index contributed by atoms with van der Waals surface area (Å²) >= 11 is 3.50. The highest BCUT2D eigenvalue weighted by Gasteiger charge is 2.23. The summed E-state index contributed by atoms with van der Waals surface area (Å²) < 4.78 is 6.16. The van der Waals surface area contributed by atoms with Gasteiger partial charge in [0.15, 0.2) is 0 Å². The number of nitrogens with zero attached hydrogens (tertiary/aromatic N) is 2. The highest BCUT2D eigenvalue weighted by atomic mass is 79.9. The second kappa shape index (κ2) is 6.94. The molecule has 2 aromatic carbocycles. The number of guanidine groups is 1. The van der Waals surface area contributed by atoms with E-state index < -0.39 is 0 Å². The van der Waals surface area contributed by atoms with Crippen molar-refractivity contribution in [2.75, 3.05) is 7.11 Å². The molecule has 1 aliphatic rings. The van der Waals surface area contributed by atoms with Gasteiger partial charge in [-0.3, -0.25) is 10.7 Å².